The lowest BCUT2D eigenvalue weighted by Crippen LogP contribution is -2.54. The molecule has 17 nitrogen and oxygen atoms in total. The van der Waals surface area contributed by atoms with E-state index in [0.717, 1.165) is 82.2 Å². The average molecular weight is 785 g/mol. The standard InChI is InChI=1S/C39H36N12O5S/c1-41-29-18-30(31-5-3-25-16-22(19-40)20-43-51(25)31)42-21-28(29)35-45-46-39(57-35)49-14-12-47(13-15-49)24-8-10-48(11-9-24)36(54)23-2-4-26-27(17-23)38(56)50(37(26)55)32-6-7-33(52)44-34(32)53/h2-5,16-18,20-21,24,32H,6-15H2,1H3,(H,41,42)(H,44,52,53). The number of likely N-dealkylation sites (tertiary alicyclic amines) is 1. The van der Waals surface area contributed by atoms with Crippen LogP contribution in [0.1, 0.15) is 62.3 Å². The van der Waals surface area contributed by atoms with Crippen molar-refractivity contribution in [2.24, 2.45) is 0 Å². The number of nitriles is 1. The van der Waals surface area contributed by atoms with Crippen molar-refractivity contribution in [3.63, 3.8) is 0 Å². The Balaban J connectivity index is 0.796. The molecule has 5 amide bonds. The summed E-state index contributed by atoms with van der Waals surface area (Å²) in [6.45, 7) is 4.43. The summed E-state index contributed by atoms with van der Waals surface area (Å²) >= 11 is 1.53. The molecule has 0 aliphatic carbocycles. The van der Waals surface area contributed by atoms with E-state index >= 15 is 0 Å². The maximum atomic E-state index is 13.6. The van der Waals surface area contributed by atoms with E-state index in [4.69, 9.17) is 4.98 Å². The van der Waals surface area contributed by atoms with Gasteiger partial charge in [0.2, 0.25) is 16.9 Å². The van der Waals surface area contributed by atoms with Crippen LogP contribution in [0.4, 0.5) is 10.8 Å². The quantitative estimate of drug-likeness (QED) is 0.228. The van der Waals surface area contributed by atoms with Crippen LogP contribution in [-0.2, 0) is 9.59 Å². The highest BCUT2D eigenvalue weighted by Gasteiger charge is 2.45. The molecule has 3 saturated heterocycles. The fraction of sp³-hybridized carbons (Fsp3) is 0.333. The van der Waals surface area contributed by atoms with E-state index in [-0.39, 0.29) is 29.9 Å². The molecule has 2 N–H and O–H groups in total. The summed E-state index contributed by atoms with van der Waals surface area (Å²) in [6.07, 6.45) is 5.07. The third kappa shape index (κ3) is 6.43. The van der Waals surface area contributed by atoms with Crippen molar-refractivity contribution in [2.75, 3.05) is 56.5 Å². The van der Waals surface area contributed by atoms with Gasteiger partial charge < -0.3 is 15.1 Å². The Morgan fingerprint density at radius 3 is 2.44 bits per heavy atom. The number of anilines is 2. The van der Waals surface area contributed by atoms with Crippen LogP contribution in [0.15, 0.2) is 54.9 Å². The van der Waals surface area contributed by atoms with Gasteiger partial charge >= 0.3 is 0 Å². The Hall–Kier alpha value is -6.58. The Bertz CT molecular complexity index is 2530. The molecule has 57 heavy (non-hydrogen) atoms. The van der Waals surface area contributed by atoms with Crippen LogP contribution in [0.25, 0.3) is 27.5 Å². The largest absolute Gasteiger partial charge is 0.387 e. The van der Waals surface area contributed by atoms with Crippen molar-refractivity contribution in [1.82, 2.24) is 44.8 Å². The van der Waals surface area contributed by atoms with E-state index in [2.05, 4.69) is 41.8 Å². The number of amides is 5. The molecule has 4 aromatic heterocycles. The first kappa shape index (κ1) is 36.1. The Kier molecular flexibility index (Phi) is 9.17. The lowest BCUT2D eigenvalue weighted by atomic mass is 10.00. The second kappa shape index (κ2) is 14.5. The number of imide groups is 2. The molecule has 5 aromatic rings. The predicted octanol–water partition coefficient (Wildman–Crippen LogP) is 2.66. The molecular weight excluding hydrogens is 749 g/mol. The van der Waals surface area contributed by atoms with Gasteiger partial charge in [-0.3, -0.25) is 44.1 Å². The highest BCUT2D eigenvalue weighted by Crippen LogP contribution is 2.36. The van der Waals surface area contributed by atoms with E-state index in [1.165, 1.54) is 29.7 Å². The summed E-state index contributed by atoms with van der Waals surface area (Å²) in [5, 5.41) is 29.8. The molecule has 0 bridgehead atoms. The summed E-state index contributed by atoms with van der Waals surface area (Å²) in [4.78, 5) is 76.2. The van der Waals surface area contributed by atoms with Gasteiger partial charge in [-0.05, 0) is 61.7 Å². The molecule has 288 valence electrons. The SMILES string of the molecule is CNc1cc(-c2ccc3cc(C#N)cnn23)ncc1-c1nnc(N2CCN(C3CCN(C(=O)c4ccc5c(c4)C(=O)N(C4CCC(=O)NC4=O)C5=O)CC3)CC2)s1. The lowest BCUT2D eigenvalue weighted by Gasteiger charge is -2.42. The van der Waals surface area contributed by atoms with E-state index in [1.54, 1.807) is 27.7 Å². The number of piperazine rings is 1. The number of aromatic nitrogens is 5. The number of rotatable bonds is 7. The minimum Gasteiger partial charge on any atom is -0.387 e. The van der Waals surface area contributed by atoms with Crippen LogP contribution in [0.3, 0.4) is 0 Å². The zero-order chi connectivity index (χ0) is 39.4. The van der Waals surface area contributed by atoms with Gasteiger partial charge in [-0.1, -0.05) is 11.3 Å². The summed E-state index contributed by atoms with van der Waals surface area (Å²) < 4.78 is 1.76. The van der Waals surface area contributed by atoms with Gasteiger partial charge in [-0.25, -0.2) is 4.52 Å². The molecule has 0 spiro atoms. The van der Waals surface area contributed by atoms with Crippen LogP contribution >= 0.6 is 11.3 Å². The van der Waals surface area contributed by atoms with E-state index in [9.17, 15) is 29.2 Å². The Labute approximate surface area is 329 Å². The van der Waals surface area contributed by atoms with Crippen LogP contribution in [0, 0.1) is 11.3 Å². The Morgan fingerprint density at radius 1 is 0.895 bits per heavy atom. The number of nitrogens with one attached hydrogen (secondary N) is 2. The number of nitrogens with zero attached hydrogens (tertiary/aromatic N) is 10. The second-order valence-electron chi connectivity index (χ2n) is 14.4. The van der Waals surface area contributed by atoms with Gasteiger partial charge in [-0.2, -0.15) is 10.4 Å². The Morgan fingerprint density at radius 2 is 1.68 bits per heavy atom. The first-order chi connectivity index (χ1) is 27.7. The third-order valence-corrected chi connectivity index (χ3v) is 12.3. The number of benzene rings is 1. The smallest absolute Gasteiger partial charge is 0.262 e. The summed E-state index contributed by atoms with van der Waals surface area (Å²) in [5.74, 6) is -2.54. The molecule has 4 aliphatic rings. The van der Waals surface area contributed by atoms with Crippen LogP contribution in [-0.4, -0.2) is 127 Å². The molecule has 18 heteroatoms. The van der Waals surface area contributed by atoms with Gasteiger partial charge in [0.1, 0.15) is 12.1 Å². The van der Waals surface area contributed by atoms with Crippen molar-refractivity contribution in [2.45, 2.75) is 37.8 Å². The maximum Gasteiger partial charge on any atom is 0.262 e. The van der Waals surface area contributed by atoms with Crippen molar-refractivity contribution >= 4 is 57.2 Å². The number of pyridine rings is 1. The molecule has 9 rings (SSSR count). The first-order valence-corrected chi connectivity index (χ1v) is 19.6. The van der Waals surface area contributed by atoms with Gasteiger partial charge in [0.25, 0.3) is 17.7 Å². The predicted molar refractivity (Wildman–Crippen MR) is 207 cm³/mol. The molecular formula is C39H36N12O5S. The van der Waals surface area contributed by atoms with Crippen LogP contribution in [0.2, 0.25) is 0 Å². The number of fused-ring (bicyclic) bond motifs is 2. The highest BCUT2D eigenvalue weighted by atomic mass is 32.1. The zero-order valence-electron chi connectivity index (χ0n) is 30.8. The number of carbonyl (C=O) groups is 5. The summed E-state index contributed by atoms with van der Waals surface area (Å²) in [5.41, 5.74) is 5.11. The monoisotopic (exact) mass is 784 g/mol. The molecule has 0 saturated carbocycles. The van der Waals surface area contributed by atoms with Crippen molar-refractivity contribution < 1.29 is 24.0 Å². The number of piperidine rings is 2. The number of hydrogen-bond donors (Lipinski definition) is 2. The van der Waals surface area contributed by atoms with Crippen molar-refractivity contribution in [3.05, 3.63) is 77.1 Å². The van der Waals surface area contributed by atoms with Gasteiger partial charge in [-0.15, -0.1) is 10.2 Å². The molecule has 1 unspecified atom stereocenters. The zero-order valence-corrected chi connectivity index (χ0v) is 31.7. The van der Waals surface area contributed by atoms with Crippen molar-refractivity contribution in [3.8, 4) is 28.0 Å². The van der Waals surface area contributed by atoms with E-state index in [1.807, 2.05) is 25.2 Å². The topological polar surface area (TPSA) is 202 Å². The summed E-state index contributed by atoms with van der Waals surface area (Å²) in [6, 6.07) is 13.5. The average Bonchev–Trinajstić information content (AvgIpc) is 3.97. The number of hydrogen-bond acceptors (Lipinski definition) is 14. The fourth-order valence-electron chi connectivity index (χ4n) is 8.18. The molecule has 3 fully saturated rings. The molecule has 0 radical (unpaired) electrons. The van der Waals surface area contributed by atoms with Crippen molar-refractivity contribution in [1.29, 1.82) is 5.26 Å². The van der Waals surface area contributed by atoms with E-state index in [0.29, 0.717) is 30.3 Å². The molecule has 8 heterocycles. The van der Waals surface area contributed by atoms with E-state index < -0.39 is 29.7 Å². The molecule has 1 atom stereocenters. The van der Waals surface area contributed by atoms with Crippen LogP contribution < -0.4 is 15.5 Å². The van der Waals surface area contributed by atoms with Crippen LogP contribution in [0.5, 0.6) is 0 Å². The van der Waals surface area contributed by atoms with Gasteiger partial charge in [0, 0.05) is 76.2 Å². The maximum absolute atomic E-state index is 13.6. The van der Waals surface area contributed by atoms with Gasteiger partial charge in [0.05, 0.1) is 45.4 Å². The first-order valence-electron chi connectivity index (χ1n) is 18.7. The normalized spacial score (nSPS) is 19.2. The second-order valence-corrected chi connectivity index (χ2v) is 15.4. The number of carbonyl (C=O) groups excluding carboxylic acids is 5. The minimum absolute atomic E-state index is 0.0383. The van der Waals surface area contributed by atoms with Gasteiger partial charge in [0.15, 0.2) is 5.01 Å². The third-order valence-electron chi connectivity index (χ3n) is 11.2. The molecule has 1 aromatic carbocycles. The minimum atomic E-state index is -1.06. The molecule has 4 aliphatic heterocycles. The highest BCUT2D eigenvalue weighted by molar-refractivity contribution is 7.18. The lowest BCUT2D eigenvalue weighted by molar-refractivity contribution is -0.136. The fourth-order valence-corrected chi connectivity index (χ4v) is 9.10. The summed E-state index contributed by atoms with van der Waals surface area (Å²) in [7, 11) is 1.86.